The maximum absolute atomic E-state index is 12.1. The summed E-state index contributed by atoms with van der Waals surface area (Å²) >= 11 is 6.78. The smallest absolute Gasteiger partial charge is 0.334 e. The van der Waals surface area contributed by atoms with E-state index in [1.54, 1.807) is 6.20 Å². The summed E-state index contributed by atoms with van der Waals surface area (Å²) < 4.78 is 6.44. The Bertz CT molecular complexity index is 662. The van der Waals surface area contributed by atoms with E-state index in [9.17, 15) is 4.79 Å². The molecule has 0 radical (unpaired) electrons. The summed E-state index contributed by atoms with van der Waals surface area (Å²) in [4.78, 5) is 16.4. The summed E-state index contributed by atoms with van der Waals surface area (Å²) in [5.74, 6) is -0.396. The molecule has 2 aromatic rings. The number of rotatable bonds is 4. The van der Waals surface area contributed by atoms with Crippen molar-refractivity contribution in [1.82, 2.24) is 4.98 Å². The maximum Gasteiger partial charge on any atom is 0.334 e. The molecule has 0 saturated carbocycles. The van der Waals surface area contributed by atoms with E-state index in [1.165, 1.54) is 7.11 Å². The van der Waals surface area contributed by atoms with Crippen molar-refractivity contribution in [1.29, 1.82) is 0 Å². The number of nitrogens with zero attached hydrogens (tertiary/aromatic N) is 1. The fourth-order valence-electron chi connectivity index (χ4n) is 1.90. The van der Waals surface area contributed by atoms with Crippen LogP contribution >= 0.6 is 31.9 Å². The van der Waals surface area contributed by atoms with Gasteiger partial charge in [-0.05, 0) is 62.5 Å². The summed E-state index contributed by atoms with van der Waals surface area (Å²) in [6.07, 6.45) is 1.65. The average Bonchev–Trinajstić information content (AvgIpc) is 2.45. The molecule has 0 aliphatic carbocycles. The van der Waals surface area contributed by atoms with Gasteiger partial charge in [-0.15, -0.1) is 0 Å². The van der Waals surface area contributed by atoms with Crippen molar-refractivity contribution < 1.29 is 9.53 Å². The fraction of sp³-hybridized carbons (Fsp3) is 0.200. The Balaban J connectivity index is 2.37. The number of hydrogen-bond acceptors (Lipinski definition) is 4. The number of halogens is 2. The molecule has 1 atom stereocenters. The number of ether oxygens (including phenoxy) is 1. The van der Waals surface area contributed by atoms with Crippen LogP contribution in [0.2, 0.25) is 0 Å². The zero-order chi connectivity index (χ0) is 15.4. The van der Waals surface area contributed by atoms with Gasteiger partial charge in [0.2, 0.25) is 0 Å². The molecule has 6 heteroatoms. The summed E-state index contributed by atoms with van der Waals surface area (Å²) in [5, 5.41) is 3.16. The lowest BCUT2D eigenvalue weighted by molar-refractivity contribution is -0.141. The van der Waals surface area contributed by atoms with Gasteiger partial charge < -0.3 is 10.1 Å². The largest absolute Gasteiger partial charge is 0.467 e. The van der Waals surface area contributed by atoms with Crippen molar-refractivity contribution in [3.8, 4) is 0 Å². The van der Waals surface area contributed by atoms with Gasteiger partial charge in [0, 0.05) is 20.8 Å². The van der Waals surface area contributed by atoms with Gasteiger partial charge in [0.15, 0.2) is 6.04 Å². The molecule has 1 N–H and O–H groups in total. The Morgan fingerprint density at radius 2 is 2.10 bits per heavy atom. The summed E-state index contributed by atoms with van der Waals surface area (Å²) in [6, 6.07) is 8.94. The van der Waals surface area contributed by atoms with Crippen LogP contribution < -0.4 is 5.32 Å². The number of methoxy groups -OCH3 is 1. The minimum absolute atomic E-state index is 0.396. The quantitative estimate of drug-likeness (QED) is 0.761. The highest BCUT2D eigenvalue weighted by molar-refractivity contribution is 9.11. The number of esters is 1. The summed E-state index contributed by atoms with van der Waals surface area (Å²) in [6.45, 7) is 1.99. The highest BCUT2D eigenvalue weighted by Gasteiger charge is 2.25. The van der Waals surface area contributed by atoms with Crippen molar-refractivity contribution in [2.24, 2.45) is 0 Å². The molecule has 0 saturated heterocycles. The summed E-state index contributed by atoms with van der Waals surface area (Å²) in [5.41, 5.74) is 2.51. The molecule has 1 aromatic heterocycles. The molecule has 0 aliphatic heterocycles. The molecule has 110 valence electrons. The molecule has 1 unspecified atom stereocenters. The predicted molar refractivity (Wildman–Crippen MR) is 89.2 cm³/mol. The monoisotopic (exact) mass is 412 g/mol. The molecule has 2 rings (SSSR count). The van der Waals surface area contributed by atoms with Crippen LogP contribution in [0.3, 0.4) is 0 Å². The van der Waals surface area contributed by atoms with Gasteiger partial charge in [-0.25, -0.2) is 4.79 Å². The lowest BCUT2D eigenvalue weighted by Gasteiger charge is -2.18. The van der Waals surface area contributed by atoms with E-state index in [1.807, 2.05) is 37.3 Å². The molecule has 0 aliphatic rings. The SMILES string of the molecule is COC(=O)C(Nc1cccc(C)c1)c1ncc(Br)cc1Br. The number of anilines is 1. The van der Waals surface area contributed by atoms with Gasteiger partial charge in [-0.1, -0.05) is 12.1 Å². The molecule has 0 amide bonds. The molecule has 1 aromatic carbocycles. The van der Waals surface area contributed by atoms with Crippen LogP contribution in [0.5, 0.6) is 0 Å². The van der Waals surface area contributed by atoms with Crippen LogP contribution in [-0.2, 0) is 9.53 Å². The van der Waals surface area contributed by atoms with E-state index in [2.05, 4.69) is 42.2 Å². The molecular weight excluding hydrogens is 400 g/mol. The minimum Gasteiger partial charge on any atom is -0.467 e. The number of aromatic nitrogens is 1. The third-order valence-corrected chi connectivity index (χ3v) is 3.94. The molecule has 0 bridgehead atoms. The van der Waals surface area contributed by atoms with Gasteiger partial charge >= 0.3 is 5.97 Å². The second kappa shape index (κ2) is 7.04. The number of nitrogens with one attached hydrogen (secondary N) is 1. The van der Waals surface area contributed by atoms with Gasteiger partial charge in [0.25, 0.3) is 0 Å². The highest BCUT2D eigenvalue weighted by Crippen LogP contribution is 2.28. The average molecular weight is 414 g/mol. The van der Waals surface area contributed by atoms with Gasteiger partial charge in [0.05, 0.1) is 12.8 Å². The Morgan fingerprint density at radius 3 is 2.71 bits per heavy atom. The molecule has 0 spiro atoms. The van der Waals surface area contributed by atoms with Crippen molar-refractivity contribution in [3.63, 3.8) is 0 Å². The van der Waals surface area contributed by atoms with Crippen molar-refractivity contribution in [3.05, 3.63) is 56.7 Å². The van der Waals surface area contributed by atoms with Crippen LogP contribution in [0.25, 0.3) is 0 Å². The van der Waals surface area contributed by atoms with Crippen molar-refractivity contribution in [2.75, 3.05) is 12.4 Å². The van der Waals surface area contributed by atoms with Crippen LogP contribution in [0, 0.1) is 6.92 Å². The fourth-order valence-corrected chi connectivity index (χ4v) is 3.11. The maximum atomic E-state index is 12.1. The Kier molecular flexibility index (Phi) is 5.36. The molecule has 21 heavy (non-hydrogen) atoms. The first-order chi connectivity index (χ1) is 10.0. The first kappa shape index (κ1) is 16.0. The van der Waals surface area contributed by atoms with Gasteiger partial charge in [-0.3, -0.25) is 4.98 Å². The van der Waals surface area contributed by atoms with Crippen LogP contribution in [0.1, 0.15) is 17.3 Å². The van der Waals surface area contributed by atoms with Gasteiger partial charge in [0.1, 0.15) is 0 Å². The zero-order valence-electron chi connectivity index (χ0n) is 11.6. The lowest BCUT2D eigenvalue weighted by atomic mass is 10.1. The number of pyridine rings is 1. The molecular formula is C15H14Br2N2O2. The van der Waals surface area contributed by atoms with Crippen molar-refractivity contribution >= 4 is 43.5 Å². The predicted octanol–water partition coefficient (Wildman–Crippen LogP) is 4.24. The minimum atomic E-state index is -0.681. The van der Waals surface area contributed by atoms with E-state index in [0.717, 1.165) is 20.2 Å². The first-order valence-electron chi connectivity index (χ1n) is 6.23. The third kappa shape index (κ3) is 4.04. The third-order valence-electron chi connectivity index (χ3n) is 2.88. The zero-order valence-corrected chi connectivity index (χ0v) is 14.7. The summed E-state index contributed by atoms with van der Waals surface area (Å²) in [7, 11) is 1.36. The normalized spacial score (nSPS) is 11.8. The standard InChI is InChI=1S/C15H14Br2N2O2/c1-9-4-3-5-11(6-9)19-14(15(20)21-2)13-12(17)7-10(16)8-18-13/h3-8,14,19H,1-2H3. The van der Waals surface area contributed by atoms with Crippen LogP contribution in [0.4, 0.5) is 5.69 Å². The molecule has 1 heterocycles. The molecule has 0 fully saturated rings. The lowest BCUT2D eigenvalue weighted by Crippen LogP contribution is -2.23. The topological polar surface area (TPSA) is 51.2 Å². The van der Waals surface area contributed by atoms with E-state index < -0.39 is 12.0 Å². The Morgan fingerprint density at radius 1 is 1.33 bits per heavy atom. The van der Waals surface area contributed by atoms with Crippen LogP contribution in [-0.4, -0.2) is 18.1 Å². The number of aryl methyl sites for hydroxylation is 1. The Hall–Kier alpha value is -1.40. The molecule has 4 nitrogen and oxygen atoms in total. The Labute approximate surface area is 140 Å². The van der Waals surface area contributed by atoms with E-state index >= 15 is 0 Å². The van der Waals surface area contributed by atoms with Crippen LogP contribution in [0.15, 0.2) is 45.5 Å². The van der Waals surface area contributed by atoms with E-state index in [0.29, 0.717) is 5.69 Å². The number of hydrogen-bond donors (Lipinski definition) is 1. The van der Waals surface area contributed by atoms with Crippen molar-refractivity contribution in [2.45, 2.75) is 13.0 Å². The van der Waals surface area contributed by atoms with Gasteiger partial charge in [-0.2, -0.15) is 0 Å². The number of carbonyl (C=O) groups excluding carboxylic acids is 1. The second-order valence-corrected chi connectivity index (χ2v) is 6.26. The highest BCUT2D eigenvalue weighted by atomic mass is 79.9. The van der Waals surface area contributed by atoms with E-state index in [4.69, 9.17) is 4.74 Å². The number of benzene rings is 1. The first-order valence-corrected chi connectivity index (χ1v) is 7.82. The second-order valence-electron chi connectivity index (χ2n) is 4.49. The number of carbonyl (C=O) groups is 1. The van der Waals surface area contributed by atoms with E-state index in [-0.39, 0.29) is 0 Å².